The van der Waals surface area contributed by atoms with E-state index in [1.165, 1.54) is 25.7 Å². The molecule has 2 N–H and O–H groups in total. The van der Waals surface area contributed by atoms with Gasteiger partial charge in [-0.3, -0.25) is 4.79 Å². The number of nitrogens with one attached hydrogen (secondary N) is 2. The minimum Gasteiger partial charge on any atom is -0.353 e. The second-order valence-electron chi connectivity index (χ2n) is 8.86. The lowest BCUT2D eigenvalue weighted by Gasteiger charge is -2.35. The molecule has 4 atom stereocenters. The molecule has 3 fully saturated rings. The highest BCUT2D eigenvalue weighted by Crippen LogP contribution is 2.44. The summed E-state index contributed by atoms with van der Waals surface area (Å²) in [5, 5.41) is 7.27. The van der Waals surface area contributed by atoms with Crippen LogP contribution in [-0.4, -0.2) is 72.5 Å². The van der Waals surface area contributed by atoms with Crippen LogP contribution in [-0.2, 0) is 4.79 Å². The highest BCUT2D eigenvalue weighted by molar-refractivity contribution is 5.85. The van der Waals surface area contributed by atoms with Crippen LogP contribution in [0.5, 0.6) is 0 Å². The largest absolute Gasteiger partial charge is 0.353 e. The van der Waals surface area contributed by atoms with E-state index in [4.69, 9.17) is 0 Å². The number of nitrogens with zero attached hydrogens (tertiary/aromatic N) is 5. The van der Waals surface area contributed by atoms with Gasteiger partial charge in [-0.1, -0.05) is 6.42 Å². The van der Waals surface area contributed by atoms with Crippen molar-refractivity contribution in [2.75, 3.05) is 38.6 Å². The van der Waals surface area contributed by atoms with Gasteiger partial charge in [0.2, 0.25) is 11.9 Å². The van der Waals surface area contributed by atoms with E-state index in [0.29, 0.717) is 6.04 Å². The van der Waals surface area contributed by atoms with Crippen LogP contribution in [0.15, 0.2) is 23.5 Å². The van der Waals surface area contributed by atoms with E-state index < -0.39 is 0 Å². The van der Waals surface area contributed by atoms with E-state index in [2.05, 4.69) is 30.5 Å². The fraction of sp³-hybridized carbons (Fsp3) is 0.714. The Kier molecular flexibility index (Phi) is 6.16. The van der Waals surface area contributed by atoms with E-state index in [0.717, 1.165) is 49.7 Å². The molecule has 1 aromatic heterocycles. The summed E-state index contributed by atoms with van der Waals surface area (Å²) in [5.41, 5.74) is 0. The van der Waals surface area contributed by atoms with Crippen molar-refractivity contribution in [2.45, 2.75) is 50.6 Å². The third kappa shape index (κ3) is 4.97. The highest BCUT2D eigenvalue weighted by atomic mass is 16.2. The lowest BCUT2D eigenvalue weighted by Crippen LogP contribution is -2.54. The average Bonchev–Trinajstić information content (AvgIpc) is 3.36. The first-order valence-electron chi connectivity index (χ1n) is 10.9. The topological polar surface area (TPSA) is 85.8 Å². The molecular formula is C21H33N7O. The Morgan fingerprint density at radius 2 is 2.03 bits per heavy atom. The van der Waals surface area contributed by atoms with E-state index >= 15 is 0 Å². The van der Waals surface area contributed by atoms with Crippen LogP contribution in [0.1, 0.15) is 38.5 Å². The van der Waals surface area contributed by atoms with Crippen molar-refractivity contribution in [3.8, 4) is 0 Å². The van der Waals surface area contributed by atoms with Crippen LogP contribution in [0.2, 0.25) is 0 Å². The van der Waals surface area contributed by atoms with Crippen molar-refractivity contribution < 1.29 is 4.79 Å². The molecule has 2 aliphatic carbocycles. The van der Waals surface area contributed by atoms with Crippen LogP contribution in [0.25, 0.3) is 0 Å². The van der Waals surface area contributed by atoms with Crippen molar-refractivity contribution in [3.05, 3.63) is 18.5 Å². The molecule has 4 unspecified atom stereocenters. The number of hydrogen-bond donors (Lipinski definition) is 2. The first kappa shape index (κ1) is 19.9. The summed E-state index contributed by atoms with van der Waals surface area (Å²) >= 11 is 0. The molecule has 8 heteroatoms. The fourth-order valence-corrected chi connectivity index (χ4v) is 4.94. The van der Waals surface area contributed by atoms with Crippen molar-refractivity contribution in [3.63, 3.8) is 0 Å². The minimum atomic E-state index is 0.0157. The van der Waals surface area contributed by atoms with Crippen LogP contribution >= 0.6 is 0 Å². The summed E-state index contributed by atoms with van der Waals surface area (Å²) in [5.74, 6) is 3.18. The number of piperidine rings is 1. The number of amides is 1. The van der Waals surface area contributed by atoms with Gasteiger partial charge in [-0.2, -0.15) is 0 Å². The Morgan fingerprint density at radius 3 is 2.72 bits per heavy atom. The van der Waals surface area contributed by atoms with Gasteiger partial charge >= 0.3 is 0 Å². The Bertz CT molecular complexity index is 723. The Morgan fingerprint density at radius 1 is 1.21 bits per heavy atom. The number of aliphatic imine (C=N–C) groups is 1. The predicted molar refractivity (Wildman–Crippen MR) is 114 cm³/mol. The number of carbonyl (C=O) groups is 1. The van der Waals surface area contributed by atoms with Gasteiger partial charge in [-0.15, -0.1) is 0 Å². The normalized spacial score (nSPS) is 29.0. The molecule has 1 saturated heterocycles. The van der Waals surface area contributed by atoms with Crippen molar-refractivity contribution >= 4 is 17.8 Å². The second kappa shape index (κ2) is 8.97. The van der Waals surface area contributed by atoms with Gasteiger partial charge in [-0.05, 0) is 50.0 Å². The van der Waals surface area contributed by atoms with Crippen molar-refractivity contribution in [1.29, 1.82) is 0 Å². The van der Waals surface area contributed by atoms with Gasteiger partial charge in [-0.25, -0.2) is 15.0 Å². The van der Waals surface area contributed by atoms with Gasteiger partial charge in [0.25, 0.3) is 0 Å². The molecule has 8 nitrogen and oxygen atoms in total. The van der Waals surface area contributed by atoms with E-state index in [9.17, 15) is 4.79 Å². The highest BCUT2D eigenvalue weighted by Gasteiger charge is 2.40. The summed E-state index contributed by atoms with van der Waals surface area (Å²) in [6.45, 7) is 1.97. The number of fused-ring (bicyclic) bond motifs is 2. The van der Waals surface area contributed by atoms with Crippen LogP contribution in [0.3, 0.4) is 0 Å². The third-order valence-corrected chi connectivity index (χ3v) is 6.53. The average molecular weight is 400 g/mol. The zero-order valence-electron chi connectivity index (χ0n) is 17.5. The number of likely N-dealkylation sites (N-methyl/N-ethyl adjacent to an activating group) is 1. The van der Waals surface area contributed by atoms with Crippen molar-refractivity contribution in [1.82, 2.24) is 25.5 Å². The van der Waals surface area contributed by atoms with Crippen molar-refractivity contribution in [2.24, 2.45) is 16.8 Å². The van der Waals surface area contributed by atoms with Gasteiger partial charge < -0.3 is 20.4 Å². The number of rotatable bonds is 5. The molecule has 1 aliphatic heterocycles. The number of hydrogen-bond acceptors (Lipinski definition) is 5. The molecule has 1 amide bonds. The zero-order chi connectivity index (χ0) is 20.2. The summed E-state index contributed by atoms with van der Waals surface area (Å²) in [6, 6.07) is 2.58. The first-order valence-corrected chi connectivity index (χ1v) is 10.9. The maximum atomic E-state index is 12.1. The first-order chi connectivity index (χ1) is 14.1. The van der Waals surface area contributed by atoms with Crippen LogP contribution in [0.4, 0.5) is 5.95 Å². The molecule has 2 bridgehead atoms. The molecule has 1 aromatic rings. The van der Waals surface area contributed by atoms with E-state index in [1.807, 2.05) is 6.07 Å². The SMILES string of the molecule is CN(C)C(=O)CN=C(NC1CCCN(c2ncccn2)C1)NC1CC2CCC1C2. The molecule has 0 aromatic carbocycles. The zero-order valence-corrected chi connectivity index (χ0v) is 17.5. The van der Waals surface area contributed by atoms with Crippen LogP contribution in [0, 0.1) is 11.8 Å². The number of carbonyl (C=O) groups excluding carboxylic acids is 1. The molecular weight excluding hydrogens is 366 g/mol. The lowest BCUT2D eigenvalue weighted by molar-refractivity contribution is -0.127. The Balaban J connectivity index is 1.41. The Labute approximate surface area is 173 Å². The maximum Gasteiger partial charge on any atom is 0.243 e. The number of guanidine groups is 1. The van der Waals surface area contributed by atoms with E-state index in [1.54, 1.807) is 31.4 Å². The quantitative estimate of drug-likeness (QED) is 0.573. The molecule has 0 spiro atoms. The summed E-state index contributed by atoms with van der Waals surface area (Å²) in [4.78, 5) is 29.3. The smallest absolute Gasteiger partial charge is 0.243 e. The molecule has 3 aliphatic rings. The second-order valence-corrected chi connectivity index (χ2v) is 8.86. The summed E-state index contributed by atoms with van der Waals surface area (Å²) in [7, 11) is 3.54. The molecule has 158 valence electrons. The van der Waals surface area contributed by atoms with Gasteiger partial charge in [0, 0.05) is 51.7 Å². The standard InChI is InChI=1S/C21H33N7O/c1-27(2)19(29)13-24-20(26-18-12-15-6-7-16(18)11-15)25-17-5-3-10-28(14-17)21-22-8-4-9-23-21/h4,8-9,15-18H,3,5-7,10-14H2,1-2H3,(H2,24,25,26). The third-order valence-electron chi connectivity index (χ3n) is 6.53. The monoisotopic (exact) mass is 399 g/mol. The number of aromatic nitrogens is 2. The van der Waals surface area contributed by atoms with Crippen LogP contribution < -0.4 is 15.5 Å². The molecule has 2 heterocycles. The predicted octanol–water partition coefficient (Wildman–Crippen LogP) is 1.26. The van der Waals surface area contributed by atoms with E-state index in [-0.39, 0.29) is 18.5 Å². The van der Waals surface area contributed by atoms with Gasteiger partial charge in [0.05, 0.1) is 0 Å². The van der Waals surface area contributed by atoms with Gasteiger partial charge in [0.1, 0.15) is 6.54 Å². The molecule has 0 radical (unpaired) electrons. The molecule has 29 heavy (non-hydrogen) atoms. The Hall–Kier alpha value is -2.38. The van der Waals surface area contributed by atoms with Gasteiger partial charge in [0.15, 0.2) is 5.96 Å². The fourth-order valence-electron chi connectivity index (χ4n) is 4.94. The summed E-state index contributed by atoms with van der Waals surface area (Å²) < 4.78 is 0. The molecule has 2 saturated carbocycles. The molecule has 4 rings (SSSR count). The minimum absolute atomic E-state index is 0.0157. The number of anilines is 1. The maximum absolute atomic E-state index is 12.1. The lowest BCUT2D eigenvalue weighted by atomic mass is 9.95. The summed E-state index contributed by atoms with van der Waals surface area (Å²) in [6.07, 6.45) is 11.0.